The summed E-state index contributed by atoms with van der Waals surface area (Å²) < 4.78 is 7.80. The quantitative estimate of drug-likeness (QED) is 0.502. The normalized spacial score (nSPS) is 19.6. The molecule has 0 amide bonds. The first kappa shape index (κ1) is 23.1. The first-order chi connectivity index (χ1) is 16.7. The smallest absolute Gasteiger partial charge is 0.113 e. The lowest BCUT2D eigenvalue weighted by Crippen LogP contribution is -2.43. The van der Waals surface area contributed by atoms with Crippen molar-refractivity contribution >= 4 is 5.69 Å². The van der Waals surface area contributed by atoms with Crippen LogP contribution >= 0.6 is 0 Å². The van der Waals surface area contributed by atoms with Crippen molar-refractivity contribution in [3.63, 3.8) is 0 Å². The number of benzene rings is 2. The van der Waals surface area contributed by atoms with E-state index in [0.717, 1.165) is 50.5 Å². The molecule has 0 radical (unpaired) electrons. The number of aromatic nitrogens is 3. The summed E-state index contributed by atoms with van der Waals surface area (Å²) >= 11 is 0. The molecule has 2 aromatic carbocycles. The molecule has 2 fully saturated rings. The minimum absolute atomic E-state index is 0.265. The highest BCUT2D eigenvalue weighted by Gasteiger charge is 2.23. The summed E-state index contributed by atoms with van der Waals surface area (Å²) in [6.07, 6.45) is 8.25. The third-order valence-corrected chi connectivity index (χ3v) is 7.42. The van der Waals surface area contributed by atoms with Gasteiger partial charge >= 0.3 is 0 Å². The topological polar surface area (TPSA) is 46.4 Å². The Labute approximate surface area is 203 Å². The van der Waals surface area contributed by atoms with Crippen molar-refractivity contribution in [1.82, 2.24) is 19.9 Å². The van der Waals surface area contributed by atoms with E-state index in [1.165, 1.54) is 42.5 Å². The zero-order chi connectivity index (χ0) is 23.3. The van der Waals surface area contributed by atoms with Gasteiger partial charge in [-0.05, 0) is 69.3 Å². The minimum atomic E-state index is 0.265. The fourth-order valence-electron chi connectivity index (χ4n) is 5.37. The molecule has 34 heavy (non-hydrogen) atoms. The molecule has 5 rings (SSSR count). The van der Waals surface area contributed by atoms with Gasteiger partial charge in [0.25, 0.3) is 0 Å². The van der Waals surface area contributed by atoms with Crippen molar-refractivity contribution in [3.05, 3.63) is 65.9 Å². The van der Waals surface area contributed by atoms with E-state index in [4.69, 9.17) is 4.74 Å². The Morgan fingerprint density at radius 1 is 1.03 bits per heavy atom. The zero-order valence-electron chi connectivity index (χ0n) is 20.6. The number of piperidine rings is 1. The second kappa shape index (κ2) is 10.7. The van der Waals surface area contributed by atoms with Gasteiger partial charge in [0.2, 0.25) is 0 Å². The second-order valence-corrected chi connectivity index (χ2v) is 9.93. The van der Waals surface area contributed by atoms with Crippen LogP contribution in [0.25, 0.3) is 11.3 Å². The molecule has 0 spiro atoms. The molecule has 0 unspecified atom stereocenters. The van der Waals surface area contributed by atoms with Gasteiger partial charge in [-0.25, -0.2) is 4.68 Å². The SMILES string of the molecule is Cc1cc(N2CCC(N(C)Cc3ccccc3)CC2)ccc1-c1cn(C[C@H]2CCCCO2)nn1. The maximum atomic E-state index is 5.86. The largest absolute Gasteiger partial charge is 0.376 e. The molecule has 0 bridgehead atoms. The Bertz CT molecular complexity index is 1050. The van der Waals surface area contributed by atoms with E-state index >= 15 is 0 Å². The van der Waals surface area contributed by atoms with Crippen molar-refractivity contribution in [2.45, 2.75) is 64.3 Å². The molecule has 0 N–H and O–H groups in total. The van der Waals surface area contributed by atoms with E-state index < -0.39 is 0 Å². The molecule has 2 aliphatic heterocycles. The molecular weight excluding hydrogens is 422 g/mol. The highest BCUT2D eigenvalue weighted by molar-refractivity contribution is 5.67. The van der Waals surface area contributed by atoms with Gasteiger partial charge < -0.3 is 9.64 Å². The summed E-state index contributed by atoms with van der Waals surface area (Å²) in [6, 6.07) is 18.2. The van der Waals surface area contributed by atoms with Gasteiger partial charge in [-0.1, -0.05) is 41.6 Å². The standard InChI is InChI=1S/C28H37N5O/c1-22-18-25(32-15-13-24(14-16-32)31(2)19-23-8-4-3-5-9-23)11-12-27(22)28-21-33(30-29-28)20-26-10-6-7-17-34-26/h3-5,8-9,11-12,18,21,24,26H,6-7,10,13-17,19-20H2,1-2H3/t26-/m1/s1. The van der Waals surface area contributed by atoms with Crippen LogP contribution in [-0.4, -0.2) is 58.8 Å². The van der Waals surface area contributed by atoms with Crippen LogP contribution in [0.1, 0.15) is 43.2 Å². The summed E-state index contributed by atoms with van der Waals surface area (Å²) in [7, 11) is 2.26. The van der Waals surface area contributed by atoms with E-state index in [1.54, 1.807) is 0 Å². The molecular formula is C28H37N5O. The molecule has 2 saturated heterocycles. The van der Waals surface area contributed by atoms with Gasteiger partial charge in [0.1, 0.15) is 5.69 Å². The van der Waals surface area contributed by atoms with Gasteiger partial charge in [-0.15, -0.1) is 5.10 Å². The second-order valence-electron chi connectivity index (χ2n) is 9.93. The predicted octanol–water partition coefficient (Wildman–Crippen LogP) is 4.92. The molecule has 6 heteroatoms. The lowest BCUT2D eigenvalue weighted by Gasteiger charge is -2.38. The number of anilines is 1. The van der Waals surface area contributed by atoms with E-state index in [0.29, 0.717) is 6.04 Å². The molecule has 3 heterocycles. The number of hydrogen-bond donors (Lipinski definition) is 0. The van der Waals surface area contributed by atoms with Crippen LogP contribution in [0, 0.1) is 6.92 Å². The maximum Gasteiger partial charge on any atom is 0.113 e. The van der Waals surface area contributed by atoms with Gasteiger partial charge in [0.15, 0.2) is 0 Å². The van der Waals surface area contributed by atoms with Crippen LogP contribution in [-0.2, 0) is 17.8 Å². The summed E-state index contributed by atoms with van der Waals surface area (Å²) in [4.78, 5) is 5.05. The van der Waals surface area contributed by atoms with Gasteiger partial charge in [0, 0.05) is 43.5 Å². The Balaban J connectivity index is 1.17. The first-order valence-electron chi connectivity index (χ1n) is 12.8. The van der Waals surface area contributed by atoms with Crippen LogP contribution in [0.5, 0.6) is 0 Å². The van der Waals surface area contributed by atoms with E-state index in [-0.39, 0.29) is 6.10 Å². The Morgan fingerprint density at radius 2 is 1.85 bits per heavy atom. The Hall–Kier alpha value is -2.70. The van der Waals surface area contributed by atoms with Gasteiger partial charge in [-0.3, -0.25) is 4.90 Å². The molecule has 1 atom stereocenters. The molecule has 6 nitrogen and oxygen atoms in total. The summed E-state index contributed by atoms with van der Waals surface area (Å²) in [5.41, 5.74) is 6.06. The predicted molar refractivity (Wildman–Crippen MR) is 137 cm³/mol. The first-order valence-corrected chi connectivity index (χ1v) is 12.8. The maximum absolute atomic E-state index is 5.86. The Kier molecular flexibility index (Phi) is 7.26. The fraction of sp³-hybridized carbons (Fsp3) is 0.500. The van der Waals surface area contributed by atoms with Crippen molar-refractivity contribution in [2.24, 2.45) is 0 Å². The lowest BCUT2D eigenvalue weighted by atomic mass is 10.0. The highest BCUT2D eigenvalue weighted by Crippen LogP contribution is 2.29. The zero-order valence-corrected chi connectivity index (χ0v) is 20.6. The number of ether oxygens (including phenoxy) is 1. The monoisotopic (exact) mass is 459 g/mol. The van der Waals surface area contributed by atoms with Crippen molar-refractivity contribution in [1.29, 1.82) is 0 Å². The summed E-state index contributed by atoms with van der Waals surface area (Å²) in [6.45, 7) is 7.06. The third-order valence-electron chi connectivity index (χ3n) is 7.42. The number of aryl methyl sites for hydroxylation is 1. The van der Waals surface area contributed by atoms with Crippen LogP contribution in [0.15, 0.2) is 54.7 Å². The molecule has 1 aromatic heterocycles. The third kappa shape index (κ3) is 5.50. The van der Waals surface area contributed by atoms with E-state index in [2.05, 4.69) is 88.8 Å². The van der Waals surface area contributed by atoms with Gasteiger partial charge in [-0.2, -0.15) is 0 Å². The van der Waals surface area contributed by atoms with Crippen molar-refractivity contribution < 1.29 is 4.74 Å². The van der Waals surface area contributed by atoms with Gasteiger partial charge in [0.05, 0.1) is 18.8 Å². The average molecular weight is 460 g/mol. The molecule has 180 valence electrons. The average Bonchev–Trinajstić information content (AvgIpc) is 3.33. The number of nitrogens with zero attached hydrogens (tertiary/aromatic N) is 5. The molecule has 3 aromatic rings. The van der Waals surface area contributed by atoms with E-state index in [1.807, 2.05) is 4.68 Å². The minimum Gasteiger partial charge on any atom is -0.376 e. The van der Waals surface area contributed by atoms with Crippen molar-refractivity contribution in [2.75, 3.05) is 31.6 Å². The van der Waals surface area contributed by atoms with Crippen LogP contribution in [0.2, 0.25) is 0 Å². The summed E-state index contributed by atoms with van der Waals surface area (Å²) in [5.74, 6) is 0. The highest BCUT2D eigenvalue weighted by atomic mass is 16.5. The van der Waals surface area contributed by atoms with Crippen LogP contribution in [0.3, 0.4) is 0 Å². The van der Waals surface area contributed by atoms with Crippen molar-refractivity contribution in [3.8, 4) is 11.3 Å². The van der Waals surface area contributed by atoms with Crippen LogP contribution < -0.4 is 4.90 Å². The fourth-order valence-corrected chi connectivity index (χ4v) is 5.37. The number of hydrogen-bond acceptors (Lipinski definition) is 5. The van der Waals surface area contributed by atoms with Crippen LogP contribution in [0.4, 0.5) is 5.69 Å². The summed E-state index contributed by atoms with van der Waals surface area (Å²) in [5, 5.41) is 8.82. The Morgan fingerprint density at radius 3 is 2.59 bits per heavy atom. The lowest BCUT2D eigenvalue weighted by molar-refractivity contribution is 0.00370. The van der Waals surface area contributed by atoms with E-state index in [9.17, 15) is 0 Å². The number of rotatable bonds is 7. The molecule has 0 saturated carbocycles. The molecule has 0 aliphatic carbocycles. The molecule has 2 aliphatic rings.